The van der Waals surface area contributed by atoms with Gasteiger partial charge >= 0.3 is 5.97 Å². The van der Waals surface area contributed by atoms with Crippen molar-refractivity contribution < 1.29 is 19.7 Å². The SMILES string of the molecule is COCC(O)CNCc1ccccc1C(=O)O. The van der Waals surface area contributed by atoms with E-state index in [4.69, 9.17) is 9.84 Å². The molecule has 94 valence electrons. The summed E-state index contributed by atoms with van der Waals surface area (Å²) < 4.78 is 4.78. The van der Waals surface area contributed by atoms with Crippen molar-refractivity contribution >= 4 is 5.97 Å². The van der Waals surface area contributed by atoms with Gasteiger partial charge in [-0.2, -0.15) is 0 Å². The number of aliphatic hydroxyl groups excluding tert-OH is 1. The first kappa shape index (κ1) is 13.6. The Bertz CT molecular complexity index is 367. The van der Waals surface area contributed by atoms with Crippen molar-refractivity contribution in [2.45, 2.75) is 12.6 Å². The van der Waals surface area contributed by atoms with Crippen molar-refractivity contribution in [3.63, 3.8) is 0 Å². The van der Waals surface area contributed by atoms with Crippen LogP contribution in [0, 0.1) is 0 Å². The molecule has 0 spiro atoms. The number of hydrogen-bond donors (Lipinski definition) is 3. The van der Waals surface area contributed by atoms with Crippen LogP contribution in [0.4, 0.5) is 0 Å². The van der Waals surface area contributed by atoms with Crippen LogP contribution in [0.15, 0.2) is 24.3 Å². The molecule has 0 saturated carbocycles. The number of carboxylic acid groups (broad SMARTS) is 1. The van der Waals surface area contributed by atoms with Crippen LogP contribution < -0.4 is 5.32 Å². The van der Waals surface area contributed by atoms with Crippen LogP contribution in [0.3, 0.4) is 0 Å². The highest BCUT2D eigenvalue weighted by Gasteiger charge is 2.09. The molecule has 5 nitrogen and oxygen atoms in total. The van der Waals surface area contributed by atoms with E-state index in [1.165, 1.54) is 7.11 Å². The minimum atomic E-state index is -0.945. The molecule has 1 aromatic rings. The van der Waals surface area contributed by atoms with Gasteiger partial charge in [0.05, 0.1) is 18.3 Å². The summed E-state index contributed by atoms with van der Waals surface area (Å²) in [5, 5.41) is 21.4. The molecule has 0 radical (unpaired) electrons. The van der Waals surface area contributed by atoms with Crippen molar-refractivity contribution in [2.75, 3.05) is 20.3 Å². The molecule has 0 bridgehead atoms. The van der Waals surface area contributed by atoms with Gasteiger partial charge in [0, 0.05) is 20.2 Å². The summed E-state index contributed by atoms with van der Waals surface area (Å²) in [6.45, 7) is 1.03. The number of carbonyl (C=O) groups is 1. The summed E-state index contributed by atoms with van der Waals surface area (Å²) in [6.07, 6.45) is -0.586. The molecule has 5 heteroatoms. The minimum Gasteiger partial charge on any atom is -0.478 e. The van der Waals surface area contributed by atoms with Gasteiger partial charge in [-0.1, -0.05) is 18.2 Å². The predicted octanol–water partition coefficient (Wildman–Crippen LogP) is 0.482. The highest BCUT2D eigenvalue weighted by molar-refractivity contribution is 5.89. The highest BCUT2D eigenvalue weighted by Crippen LogP contribution is 2.08. The number of ether oxygens (including phenoxy) is 1. The molecule has 0 fully saturated rings. The Kier molecular flexibility index (Phi) is 5.62. The fourth-order valence-electron chi connectivity index (χ4n) is 1.51. The number of benzene rings is 1. The summed E-state index contributed by atoms with van der Waals surface area (Å²) in [6, 6.07) is 6.78. The lowest BCUT2D eigenvalue weighted by atomic mass is 10.1. The summed E-state index contributed by atoms with van der Waals surface area (Å²) in [5.41, 5.74) is 0.978. The van der Waals surface area contributed by atoms with Gasteiger partial charge < -0.3 is 20.3 Å². The lowest BCUT2D eigenvalue weighted by Gasteiger charge is -2.11. The summed E-state index contributed by atoms with van der Waals surface area (Å²) >= 11 is 0. The standard InChI is InChI=1S/C12H17NO4/c1-17-8-10(14)7-13-6-9-4-2-3-5-11(9)12(15)16/h2-5,10,13-14H,6-8H2,1H3,(H,15,16). The third kappa shape index (κ3) is 4.52. The third-order valence-electron chi connectivity index (χ3n) is 2.30. The molecule has 0 aliphatic heterocycles. The Hall–Kier alpha value is -1.43. The van der Waals surface area contributed by atoms with Gasteiger partial charge in [-0.25, -0.2) is 4.79 Å². The fraction of sp³-hybridized carbons (Fsp3) is 0.417. The average molecular weight is 239 g/mol. The van der Waals surface area contributed by atoms with Crippen molar-refractivity contribution in [1.29, 1.82) is 0 Å². The Labute approximate surface area is 100 Å². The quantitative estimate of drug-likeness (QED) is 0.645. The first-order valence-corrected chi connectivity index (χ1v) is 5.34. The maximum atomic E-state index is 10.9. The van der Waals surface area contributed by atoms with Crippen LogP contribution in [-0.4, -0.2) is 42.5 Å². The molecular formula is C12H17NO4. The second kappa shape index (κ2) is 7.01. The summed E-state index contributed by atoms with van der Waals surface area (Å²) in [4.78, 5) is 10.9. The molecule has 17 heavy (non-hydrogen) atoms. The van der Waals surface area contributed by atoms with E-state index in [2.05, 4.69) is 5.32 Å². The predicted molar refractivity (Wildman–Crippen MR) is 63.0 cm³/mol. The highest BCUT2D eigenvalue weighted by atomic mass is 16.5. The number of aliphatic hydroxyl groups is 1. The van der Waals surface area contributed by atoms with Gasteiger partial charge in [0.15, 0.2) is 0 Å². The molecule has 3 N–H and O–H groups in total. The molecule has 1 rings (SSSR count). The van der Waals surface area contributed by atoms with Gasteiger partial charge in [-0.05, 0) is 11.6 Å². The van der Waals surface area contributed by atoms with Crippen molar-refractivity contribution in [2.24, 2.45) is 0 Å². The maximum absolute atomic E-state index is 10.9. The van der Waals surface area contributed by atoms with E-state index >= 15 is 0 Å². The number of hydrogen-bond acceptors (Lipinski definition) is 4. The number of methoxy groups -OCH3 is 1. The van der Waals surface area contributed by atoms with Gasteiger partial charge in [-0.15, -0.1) is 0 Å². The number of rotatable bonds is 7. The van der Waals surface area contributed by atoms with Crippen molar-refractivity contribution in [1.82, 2.24) is 5.32 Å². The van der Waals surface area contributed by atoms with E-state index in [9.17, 15) is 9.90 Å². The summed E-state index contributed by atoms with van der Waals surface area (Å²) in [7, 11) is 1.52. The van der Waals surface area contributed by atoms with Crippen LogP contribution in [0.25, 0.3) is 0 Å². The van der Waals surface area contributed by atoms with E-state index in [1.54, 1.807) is 24.3 Å². The van der Waals surface area contributed by atoms with E-state index in [-0.39, 0.29) is 12.2 Å². The second-order valence-corrected chi connectivity index (χ2v) is 3.70. The zero-order valence-electron chi connectivity index (χ0n) is 9.72. The lowest BCUT2D eigenvalue weighted by Crippen LogP contribution is -2.30. The molecule has 0 heterocycles. The molecule has 1 aromatic carbocycles. The molecule has 0 saturated heterocycles. The maximum Gasteiger partial charge on any atom is 0.336 e. The second-order valence-electron chi connectivity index (χ2n) is 3.70. The zero-order chi connectivity index (χ0) is 12.7. The molecule has 0 amide bonds. The van der Waals surface area contributed by atoms with Crippen LogP contribution >= 0.6 is 0 Å². The molecule has 0 aromatic heterocycles. The molecule has 1 atom stereocenters. The van der Waals surface area contributed by atoms with Gasteiger partial charge in [0.2, 0.25) is 0 Å². The van der Waals surface area contributed by atoms with Gasteiger partial charge in [-0.3, -0.25) is 0 Å². The van der Waals surface area contributed by atoms with Crippen molar-refractivity contribution in [3.8, 4) is 0 Å². The average Bonchev–Trinajstić information content (AvgIpc) is 2.30. The Balaban J connectivity index is 2.49. The van der Waals surface area contributed by atoms with Crippen LogP contribution in [0.2, 0.25) is 0 Å². The molecule has 0 aliphatic rings. The zero-order valence-corrected chi connectivity index (χ0v) is 9.72. The van der Waals surface area contributed by atoms with Crippen LogP contribution in [0.5, 0.6) is 0 Å². The number of aromatic carboxylic acids is 1. The minimum absolute atomic E-state index is 0.258. The summed E-state index contributed by atoms with van der Waals surface area (Å²) in [5.74, 6) is -0.945. The van der Waals surface area contributed by atoms with Crippen LogP contribution in [0.1, 0.15) is 15.9 Å². The Morgan fingerprint density at radius 3 is 2.82 bits per heavy atom. The number of nitrogens with one attached hydrogen (secondary N) is 1. The molecule has 0 aliphatic carbocycles. The van der Waals surface area contributed by atoms with E-state index in [0.29, 0.717) is 18.7 Å². The molecule has 1 unspecified atom stereocenters. The largest absolute Gasteiger partial charge is 0.478 e. The van der Waals surface area contributed by atoms with Gasteiger partial charge in [0.25, 0.3) is 0 Å². The van der Waals surface area contributed by atoms with E-state index < -0.39 is 12.1 Å². The van der Waals surface area contributed by atoms with Crippen LogP contribution in [-0.2, 0) is 11.3 Å². The van der Waals surface area contributed by atoms with E-state index in [0.717, 1.165) is 0 Å². The van der Waals surface area contributed by atoms with Crippen molar-refractivity contribution in [3.05, 3.63) is 35.4 Å². The monoisotopic (exact) mass is 239 g/mol. The Morgan fingerprint density at radius 1 is 1.47 bits per heavy atom. The first-order valence-electron chi connectivity index (χ1n) is 5.34. The number of carboxylic acids is 1. The fourth-order valence-corrected chi connectivity index (χ4v) is 1.51. The normalized spacial score (nSPS) is 12.4. The smallest absolute Gasteiger partial charge is 0.336 e. The topological polar surface area (TPSA) is 78.8 Å². The van der Waals surface area contributed by atoms with E-state index in [1.807, 2.05) is 0 Å². The third-order valence-corrected chi connectivity index (χ3v) is 2.30. The molecular weight excluding hydrogens is 222 g/mol. The lowest BCUT2D eigenvalue weighted by molar-refractivity contribution is 0.0643. The van der Waals surface area contributed by atoms with Gasteiger partial charge in [0.1, 0.15) is 0 Å². The Morgan fingerprint density at radius 2 is 2.18 bits per heavy atom. The first-order chi connectivity index (χ1) is 8.15.